The van der Waals surface area contributed by atoms with Crippen LogP contribution >= 0.6 is 0 Å². The minimum atomic E-state index is -0.0514. The number of piperidine rings is 1. The summed E-state index contributed by atoms with van der Waals surface area (Å²) in [7, 11) is 3.94. The molecule has 0 amide bonds. The van der Waals surface area contributed by atoms with Crippen molar-refractivity contribution in [3.8, 4) is 0 Å². The van der Waals surface area contributed by atoms with E-state index < -0.39 is 0 Å². The quantitative estimate of drug-likeness (QED) is 0.717. The van der Waals surface area contributed by atoms with Crippen LogP contribution < -0.4 is 15.8 Å². The molecule has 5 rings (SSSR count). The van der Waals surface area contributed by atoms with Crippen molar-refractivity contribution >= 4 is 28.4 Å². The van der Waals surface area contributed by atoms with E-state index in [1.807, 2.05) is 25.4 Å². The first-order chi connectivity index (χ1) is 14.6. The van der Waals surface area contributed by atoms with Gasteiger partial charge in [0.2, 0.25) is 5.95 Å². The molecule has 3 aromatic heterocycles. The zero-order valence-corrected chi connectivity index (χ0v) is 17.6. The molecule has 0 bridgehead atoms. The third kappa shape index (κ3) is 3.41. The SMILES string of the molecule is CN1CCc2c(cc(Nc3ncc4ccnc(N5CCCCC5)c4n3)c(=O)n2C)C1. The van der Waals surface area contributed by atoms with Crippen LogP contribution in [0.15, 0.2) is 29.3 Å². The Kier molecular flexibility index (Phi) is 4.86. The minimum Gasteiger partial charge on any atom is -0.355 e. The van der Waals surface area contributed by atoms with Gasteiger partial charge in [-0.05, 0) is 44.0 Å². The largest absolute Gasteiger partial charge is 0.355 e. The Morgan fingerprint density at radius 1 is 1.07 bits per heavy atom. The maximum atomic E-state index is 12.9. The number of nitrogens with one attached hydrogen (secondary N) is 1. The summed E-state index contributed by atoms with van der Waals surface area (Å²) in [5, 5.41) is 4.13. The lowest BCUT2D eigenvalue weighted by Gasteiger charge is -2.28. The molecule has 0 unspecified atom stereocenters. The van der Waals surface area contributed by atoms with Crippen LogP contribution in [0.2, 0.25) is 0 Å². The Balaban J connectivity index is 1.52. The van der Waals surface area contributed by atoms with Gasteiger partial charge in [0.25, 0.3) is 5.56 Å². The molecule has 0 spiro atoms. The van der Waals surface area contributed by atoms with E-state index in [-0.39, 0.29) is 5.56 Å². The normalized spacial score (nSPS) is 17.2. The highest BCUT2D eigenvalue weighted by Gasteiger charge is 2.20. The molecule has 156 valence electrons. The molecule has 2 aliphatic rings. The zero-order chi connectivity index (χ0) is 20.7. The molecule has 0 aliphatic carbocycles. The number of fused-ring (bicyclic) bond motifs is 2. The molecule has 5 heterocycles. The third-order valence-electron chi connectivity index (χ3n) is 6.18. The molecule has 1 saturated heterocycles. The molecular weight excluding hydrogens is 378 g/mol. The number of likely N-dealkylation sites (N-methyl/N-ethyl adjacent to an activating group) is 1. The van der Waals surface area contributed by atoms with Crippen molar-refractivity contribution < 1.29 is 0 Å². The Morgan fingerprint density at radius 3 is 2.73 bits per heavy atom. The van der Waals surface area contributed by atoms with Gasteiger partial charge in [0, 0.05) is 63.1 Å². The average Bonchev–Trinajstić information content (AvgIpc) is 2.77. The summed E-state index contributed by atoms with van der Waals surface area (Å²) < 4.78 is 1.76. The van der Waals surface area contributed by atoms with Gasteiger partial charge in [-0.15, -0.1) is 0 Å². The predicted octanol–water partition coefficient (Wildman–Crippen LogP) is 2.45. The summed E-state index contributed by atoms with van der Waals surface area (Å²) in [4.78, 5) is 31.3. The summed E-state index contributed by atoms with van der Waals surface area (Å²) in [6, 6.07) is 3.88. The number of aromatic nitrogens is 4. The van der Waals surface area contributed by atoms with Gasteiger partial charge in [-0.2, -0.15) is 0 Å². The Bertz CT molecular complexity index is 1150. The van der Waals surface area contributed by atoms with Crippen molar-refractivity contribution in [2.24, 2.45) is 7.05 Å². The highest BCUT2D eigenvalue weighted by molar-refractivity contribution is 5.88. The Labute approximate surface area is 175 Å². The lowest BCUT2D eigenvalue weighted by atomic mass is 10.1. The van der Waals surface area contributed by atoms with Crippen LogP contribution in [0.1, 0.15) is 30.5 Å². The average molecular weight is 406 g/mol. The Hall–Kier alpha value is -3.00. The maximum Gasteiger partial charge on any atom is 0.274 e. The highest BCUT2D eigenvalue weighted by Crippen LogP contribution is 2.26. The van der Waals surface area contributed by atoms with E-state index in [0.29, 0.717) is 11.6 Å². The summed E-state index contributed by atoms with van der Waals surface area (Å²) in [6.45, 7) is 3.79. The number of nitrogens with zero attached hydrogens (tertiary/aromatic N) is 6. The fourth-order valence-corrected chi connectivity index (χ4v) is 4.52. The fraction of sp³-hybridized carbons (Fsp3) is 0.455. The highest BCUT2D eigenvalue weighted by atomic mass is 16.1. The number of anilines is 3. The van der Waals surface area contributed by atoms with E-state index in [9.17, 15) is 4.79 Å². The molecule has 30 heavy (non-hydrogen) atoms. The van der Waals surface area contributed by atoms with Crippen LogP contribution in [-0.4, -0.2) is 51.1 Å². The molecule has 8 heteroatoms. The van der Waals surface area contributed by atoms with Crippen molar-refractivity contribution in [2.75, 3.05) is 36.9 Å². The smallest absolute Gasteiger partial charge is 0.274 e. The fourth-order valence-electron chi connectivity index (χ4n) is 4.52. The van der Waals surface area contributed by atoms with E-state index in [4.69, 9.17) is 4.98 Å². The van der Waals surface area contributed by atoms with Crippen LogP contribution in [0.4, 0.5) is 17.5 Å². The van der Waals surface area contributed by atoms with Crippen LogP contribution in [0.25, 0.3) is 10.9 Å². The third-order valence-corrected chi connectivity index (χ3v) is 6.18. The number of hydrogen-bond donors (Lipinski definition) is 1. The van der Waals surface area contributed by atoms with Gasteiger partial charge < -0.3 is 19.7 Å². The van der Waals surface area contributed by atoms with Gasteiger partial charge in [-0.1, -0.05) is 0 Å². The summed E-state index contributed by atoms with van der Waals surface area (Å²) in [5.41, 5.74) is 3.56. The molecular formula is C22H27N7O. The van der Waals surface area contributed by atoms with Gasteiger partial charge in [-0.25, -0.2) is 15.0 Å². The van der Waals surface area contributed by atoms with Crippen molar-refractivity contribution in [1.29, 1.82) is 0 Å². The molecule has 2 aliphatic heterocycles. The van der Waals surface area contributed by atoms with Crippen molar-refractivity contribution in [1.82, 2.24) is 24.4 Å². The molecule has 0 saturated carbocycles. The molecule has 3 aromatic rings. The Morgan fingerprint density at radius 2 is 1.90 bits per heavy atom. The summed E-state index contributed by atoms with van der Waals surface area (Å²) in [6.07, 6.45) is 8.12. The molecule has 0 radical (unpaired) electrons. The van der Waals surface area contributed by atoms with Crippen molar-refractivity contribution in [2.45, 2.75) is 32.2 Å². The van der Waals surface area contributed by atoms with Gasteiger partial charge in [0.1, 0.15) is 11.2 Å². The summed E-state index contributed by atoms with van der Waals surface area (Å²) >= 11 is 0. The van der Waals surface area contributed by atoms with E-state index in [2.05, 4.69) is 32.1 Å². The summed E-state index contributed by atoms with van der Waals surface area (Å²) in [5.74, 6) is 1.33. The first kappa shape index (κ1) is 19.0. The number of rotatable bonds is 3. The molecule has 8 nitrogen and oxygen atoms in total. The molecule has 1 N–H and O–H groups in total. The first-order valence-electron chi connectivity index (χ1n) is 10.6. The van der Waals surface area contributed by atoms with Gasteiger partial charge in [0.15, 0.2) is 5.82 Å². The predicted molar refractivity (Wildman–Crippen MR) is 118 cm³/mol. The van der Waals surface area contributed by atoms with Gasteiger partial charge in [-0.3, -0.25) is 4.79 Å². The van der Waals surface area contributed by atoms with E-state index in [0.717, 1.165) is 55.0 Å². The van der Waals surface area contributed by atoms with Crippen molar-refractivity contribution in [3.63, 3.8) is 0 Å². The minimum absolute atomic E-state index is 0.0514. The standard InChI is InChI=1S/C22H27N7O/c1-27-11-7-18-16(14-27)12-17(21(30)28(18)2)25-22-24-13-15-6-8-23-20(19(15)26-22)29-9-4-3-5-10-29/h6,8,12-13H,3-5,7,9-11,14H2,1-2H3,(H,24,25,26). The van der Waals surface area contributed by atoms with E-state index in [1.165, 1.54) is 24.8 Å². The second-order valence-corrected chi connectivity index (χ2v) is 8.32. The molecule has 0 aromatic carbocycles. The second kappa shape index (κ2) is 7.68. The van der Waals surface area contributed by atoms with Crippen molar-refractivity contribution in [3.05, 3.63) is 46.1 Å². The van der Waals surface area contributed by atoms with Crippen LogP contribution in [0, 0.1) is 0 Å². The van der Waals surface area contributed by atoms with Crippen LogP contribution in [-0.2, 0) is 20.0 Å². The number of hydrogen-bond acceptors (Lipinski definition) is 7. The van der Waals surface area contributed by atoms with Gasteiger partial charge in [0.05, 0.1) is 0 Å². The maximum absolute atomic E-state index is 12.9. The van der Waals surface area contributed by atoms with Crippen LogP contribution in [0.5, 0.6) is 0 Å². The lowest BCUT2D eigenvalue weighted by Crippen LogP contribution is -2.33. The van der Waals surface area contributed by atoms with E-state index >= 15 is 0 Å². The monoisotopic (exact) mass is 405 g/mol. The lowest BCUT2D eigenvalue weighted by molar-refractivity contribution is 0.306. The van der Waals surface area contributed by atoms with Crippen LogP contribution in [0.3, 0.4) is 0 Å². The van der Waals surface area contributed by atoms with E-state index in [1.54, 1.807) is 10.8 Å². The number of pyridine rings is 2. The zero-order valence-electron chi connectivity index (χ0n) is 17.6. The first-order valence-corrected chi connectivity index (χ1v) is 10.6. The second-order valence-electron chi connectivity index (χ2n) is 8.32. The molecule has 0 atom stereocenters. The topological polar surface area (TPSA) is 79.2 Å². The van der Waals surface area contributed by atoms with Gasteiger partial charge >= 0.3 is 0 Å². The molecule has 1 fully saturated rings.